The van der Waals surface area contributed by atoms with Crippen LogP contribution in [0.25, 0.3) is 0 Å². The van der Waals surface area contributed by atoms with E-state index in [1.165, 1.54) is 4.90 Å². The minimum Gasteiger partial charge on any atom is -0.496 e. The number of likely N-dealkylation sites (tertiary alicyclic amines) is 1. The van der Waals surface area contributed by atoms with Crippen molar-refractivity contribution in [2.75, 3.05) is 6.54 Å². The quantitative estimate of drug-likeness (QED) is 0.520. The number of hydrogen-bond acceptors (Lipinski definition) is 2. The van der Waals surface area contributed by atoms with Crippen molar-refractivity contribution >= 4 is 12.2 Å². The number of amides is 1. The average Bonchev–Trinajstić information content (AvgIpc) is 2.37. The third-order valence-electron chi connectivity index (χ3n) is 1.35. The van der Waals surface area contributed by atoms with Gasteiger partial charge in [0.05, 0.1) is 0 Å². The van der Waals surface area contributed by atoms with E-state index in [1.54, 1.807) is 13.2 Å². The first-order valence-electron chi connectivity index (χ1n) is 3.72. The molecule has 0 aromatic heterocycles. The molecule has 1 radical (unpaired) electrons. The molecule has 1 amide bonds. The molecule has 0 atom stereocenters. The van der Waals surface area contributed by atoms with E-state index in [1.807, 2.05) is 0 Å². The first-order valence-corrected chi connectivity index (χ1v) is 3.72. The Hall–Kier alpha value is -0.0161. The van der Waals surface area contributed by atoms with Crippen molar-refractivity contribution in [2.45, 2.75) is 19.8 Å². The summed E-state index contributed by atoms with van der Waals surface area (Å²) in [5.41, 5.74) is 0.449. The van der Waals surface area contributed by atoms with Gasteiger partial charge in [0, 0.05) is 39.1 Å². The molecular weight excluding hydrogens is 243 g/mol. The van der Waals surface area contributed by atoms with Crippen molar-refractivity contribution in [2.24, 2.45) is 0 Å². The Balaban J connectivity index is 0. The van der Waals surface area contributed by atoms with Crippen molar-refractivity contribution in [1.29, 1.82) is 0 Å². The molecule has 0 aliphatic carbocycles. The molecular formula is C9H13NO2Y-2. The second kappa shape index (κ2) is 8.58. The van der Waals surface area contributed by atoms with Gasteiger partial charge in [-0.25, -0.2) is 6.58 Å². The van der Waals surface area contributed by atoms with Crippen LogP contribution in [0.2, 0.25) is 0 Å². The molecule has 0 N–H and O–H groups in total. The summed E-state index contributed by atoms with van der Waals surface area (Å²) >= 11 is 0. The molecule has 3 nitrogen and oxygen atoms in total. The van der Waals surface area contributed by atoms with Crippen molar-refractivity contribution in [3.05, 3.63) is 19.2 Å². The molecule has 1 aliphatic heterocycles. The van der Waals surface area contributed by atoms with Gasteiger partial charge in [0.15, 0.2) is 5.91 Å². The summed E-state index contributed by atoms with van der Waals surface area (Å²) in [7, 11) is 3.50. The third-order valence-corrected chi connectivity index (χ3v) is 1.35. The van der Waals surface area contributed by atoms with E-state index in [-0.39, 0.29) is 38.6 Å². The molecule has 1 aliphatic rings. The minimum absolute atomic E-state index is 0. The number of hydrogen-bond donors (Lipinski definition) is 0. The predicted molar refractivity (Wildman–Crippen MR) is 46.8 cm³/mol. The van der Waals surface area contributed by atoms with E-state index in [4.69, 9.17) is 0 Å². The van der Waals surface area contributed by atoms with Gasteiger partial charge in [-0.05, 0) is 19.3 Å². The van der Waals surface area contributed by atoms with E-state index in [0.717, 1.165) is 13.0 Å². The largest absolute Gasteiger partial charge is 0.496 e. The average molecular weight is 256 g/mol. The minimum atomic E-state index is 0. The fourth-order valence-corrected chi connectivity index (χ4v) is 0.704. The molecule has 1 rings (SSSR count). The zero-order chi connectivity index (χ0) is 9.56. The van der Waals surface area contributed by atoms with Crippen LogP contribution in [0.3, 0.4) is 0 Å². The van der Waals surface area contributed by atoms with Crippen molar-refractivity contribution in [3.8, 4) is 0 Å². The van der Waals surface area contributed by atoms with E-state index >= 15 is 0 Å². The Bertz CT molecular complexity index is 192. The van der Waals surface area contributed by atoms with Gasteiger partial charge in [-0.15, -0.1) is 0 Å². The zero-order valence-electron chi connectivity index (χ0n) is 7.88. The van der Waals surface area contributed by atoms with Crippen LogP contribution in [0.4, 0.5) is 0 Å². The number of carbonyl (C=O) groups excluding carboxylic acids is 2. The van der Waals surface area contributed by atoms with Gasteiger partial charge in [-0.2, -0.15) is 5.57 Å². The van der Waals surface area contributed by atoms with Crippen LogP contribution >= 0.6 is 0 Å². The van der Waals surface area contributed by atoms with Gasteiger partial charge in [0.1, 0.15) is 0 Å². The molecule has 0 spiro atoms. The van der Waals surface area contributed by atoms with Crippen LogP contribution in [-0.2, 0) is 42.3 Å². The van der Waals surface area contributed by atoms with E-state index in [2.05, 4.69) is 13.6 Å². The predicted octanol–water partition coefficient (Wildman–Crippen LogP) is 1.07. The molecule has 1 saturated heterocycles. The Morgan fingerprint density at radius 2 is 2.15 bits per heavy atom. The summed E-state index contributed by atoms with van der Waals surface area (Å²) in [5.74, 6) is 0.181. The van der Waals surface area contributed by atoms with Crippen molar-refractivity contribution < 1.29 is 42.3 Å². The maximum Gasteiger partial charge on any atom is 0.193 e. The molecule has 4 heteroatoms. The monoisotopic (exact) mass is 256 g/mol. The number of carbonyl (C=O) groups is 1. The number of allylic oxidation sites excluding steroid dienone is 1. The molecule has 1 fully saturated rings. The topological polar surface area (TPSA) is 37.4 Å². The van der Waals surface area contributed by atoms with Gasteiger partial charge >= 0.3 is 0 Å². The third kappa shape index (κ3) is 8.32. The van der Waals surface area contributed by atoms with Crippen LogP contribution in [-0.4, -0.2) is 23.6 Å². The molecule has 13 heavy (non-hydrogen) atoms. The fourth-order valence-electron chi connectivity index (χ4n) is 0.704. The zero-order valence-corrected chi connectivity index (χ0v) is 10.7. The van der Waals surface area contributed by atoms with Crippen LogP contribution in [0.15, 0.2) is 12.2 Å². The van der Waals surface area contributed by atoms with Crippen molar-refractivity contribution in [1.82, 2.24) is 4.90 Å². The van der Waals surface area contributed by atoms with Gasteiger partial charge in [0.25, 0.3) is 0 Å². The van der Waals surface area contributed by atoms with Crippen molar-refractivity contribution in [3.63, 3.8) is 0 Å². The Labute approximate surface area is 104 Å². The van der Waals surface area contributed by atoms with Crippen LogP contribution < -0.4 is 0 Å². The SMILES string of the molecule is C=C(C)[C-]=O.[CH2-]N1CCCC1=O.[Y]. The Kier molecular flexibility index (Phi) is 10.2. The summed E-state index contributed by atoms with van der Waals surface area (Å²) in [6.07, 6.45) is 3.27. The molecule has 1 heterocycles. The number of rotatable bonds is 1. The first kappa shape index (κ1) is 15.5. The molecule has 71 valence electrons. The van der Waals surface area contributed by atoms with E-state index in [9.17, 15) is 9.59 Å². The molecule has 0 saturated carbocycles. The smallest absolute Gasteiger partial charge is 0.193 e. The maximum absolute atomic E-state index is 10.4. The van der Waals surface area contributed by atoms with Gasteiger partial charge in [-0.3, -0.25) is 11.8 Å². The summed E-state index contributed by atoms with van der Waals surface area (Å²) < 4.78 is 0. The summed E-state index contributed by atoms with van der Waals surface area (Å²) in [6.45, 7) is 5.70. The Morgan fingerprint density at radius 3 is 2.23 bits per heavy atom. The van der Waals surface area contributed by atoms with Crippen LogP contribution in [0.5, 0.6) is 0 Å². The second-order valence-electron chi connectivity index (χ2n) is 2.64. The summed E-state index contributed by atoms with van der Waals surface area (Å²) in [5, 5.41) is 0. The van der Waals surface area contributed by atoms with Gasteiger partial charge < -0.3 is 9.69 Å². The maximum atomic E-state index is 10.4. The van der Waals surface area contributed by atoms with Gasteiger partial charge in [0.2, 0.25) is 0 Å². The van der Waals surface area contributed by atoms with Crippen LogP contribution in [0.1, 0.15) is 19.8 Å². The molecule has 0 unspecified atom stereocenters. The Morgan fingerprint density at radius 1 is 1.69 bits per heavy atom. The van der Waals surface area contributed by atoms with E-state index in [0.29, 0.717) is 12.0 Å². The van der Waals surface area contributed by atoms with E-state index < -0.39 is 0 Å². The molecule has 0 aromatic rings. The number of nitrogens with zero attached hydrogens (tertiary/aromatic N) is 1. The fraction of sp³-hybridized carbons (Fsp3) is 0.444. The normalized spacial score (nSPS) is 14.0. The van der Waals surface area contributed by atoms with Crippen LogP contribution in [0, 0.1) is 7.05 Å². The molecule has 0 aromatic carbocycles. The summed E-state index contributed by atoms with van der Waals surface area (Å²) in [6, 6.07) is 0. The standard InChI is InChI=1S/C5H8NO.C4H5O.Y/c1-6-4-2-3-5(6)7;1-4(2)3-5;/h1-4H2;1H2,2H3;/q2*-1;. The van der Waals surface area contributed by atoms with Gasteiger partial charge in [-0.1, -0.05) is 6.92 Å². The molecule has 0 bridgehead atoms. The summed E-state index contributed by atoms with van der Waals surface area (Å²) in [4.78, 5) is 21.2. The second-order valence-corrected chi connectivity index (χ2v) is 2.64. The first-order chi connectivity index (χ1) is 5.57.